The monoisotopic (exact) mass is 274 g/mol. The van der Waals surface area contributed by atoms with Crippen LogP contribution in [0.5, 0.6) is 0 Å². The van der Waals surface area contributed by atoms with E-state index in [0.717, 1.165) is 44.8 Å². The SMILES string of the molecule is O=Cc1cccnc1N1CCN(CCN2CCC2)CC1. The van der Waals surface area contributed by atoms with Crippen molar-refractivity contribution < 1.29 is 4.79 Å². The Hall–Kier alpha value is -1.46. The van der Waals surface area contributed by atoms with E-state index in [1.807, 2.05) is 12.1 Å². The average Bonchev–Trinajstić information content (AvgIpc) is 2.46. The van der Waals surface area contributed by atoms with Crippen LogP contribution in [0.4, 0.5) is 5.82 Å². The van der Waals surface area contributed by atoms with Gasteiger partial charge in [-0.1, -0.05) is 0 Å². The van der Waals surface area contributed by atoms with E-state index in [0.29, 0.717) is 5.56 Å². The summed E-state index contributed by atoms with van der Waals surface area (Å²) in [7, 11) is 0. The predicted octanol–water partition coefficient (Wildman–Crippen LogP) is 0.722. The second-order valence-corrected chi connectivity index (χ2v) is 5.56. The van der Waals surface area contributed by atoms with Gasteiger partial charge in [-0.15, -0.1) is 0 Å². The number of likely N-dealkylation sites (tertiary alicyclic amines) is 1. The summed E-state index contributed by atoms with van der Waals surface area (Å²) in [5, 5.41) is 0. The Kier molecular flexibility index (Phi) is 4.28. The number of hydrogen-bond donors (Lipinski definition) is 0. The molecule has 2 fully saturated rings. The Balaban J connectivity index is 1.51. The summed E-state index contributed by atoms with van der Waals surface area (Å²) in [4.78, 5) is 22.7. The number of carbonyl (C=O) groups is 1. The molecule has 0 aliphatic carbocycles. The summed E-state index contributed by atoms with van der Waals surface area (Å²) >= 11 is 0. The Morgan fingerprint density at radius 3 is 2.35 bits per heavy atom. The molecule has 0 saturated carbocycles. The molecule has 5 heteroatoms. The van der Waals surface area contributed by atoms with Crippen molar-refractivity contribution in [2.75, 3.05) is 57.3 Å². The minimum atomic E-state index is 0.696. The van der Waals surface area contributed by atoms with Crippen LogP contribution < -0.4 is 4.90 Å². The van der Waals surface area contributed by atoms with Crippen LogP contribution in [0.3, 0.4) is 0 Å². The van der Waals surface area contributed by atoms with E-state index in [4.69, 9.17) is 0 Å². The number of hydrogen-bond acceptors (Lipinski definition) is 5. The summed E-state index contributed by atoms with van der Waals surface area (Å²) in [5.41, 5.74) is 0.696. The molecule has 3 heterocycles. The first kappa shape index (κ1) is 13.5. The number of pyridine rings is 1. The van der Waals surface area contributed by atoms with Gasteiger partial charge >= 0.3 is 0 Å². The molecule has 2 saturated heterocycles. The van der Waals surface area contributed by atoms with Crippen molar-refractivity contribution in [2.24, 2.45) is 0 Å². The van der Waals surface area contributed by atoms with Gasteiger partial charge in [-0.3, -0.25) is 9.69 Å². The highest BCUT2D eigenvalue weighted by Crippen LogP contribution is 2.17. The van der Waals surface area contributed by atoms with Crippen LogP contribution in [0.1, 0.15) is 16.8 Å². The second kappa shape index (κ2) is 6.33. The summed E-state index contributed by atoms with van der Waals surface area (Å²) < 4.78 is 0. The fourth-order valence-corrected chi connectivity index (χ4v) is 2.84. The fourth-order valence-electron chi connectivity index (χ4n) is 2.84. The van der Waals surface area contributed by atoms with Gasteiger partial charge in [-0.05, 0) is 31.6 Å². The molecule has 20 heavy (non-hydrogen) atoms. The molecular weight excluding hydrogens is 252 g/mol. The smallest absolute Gasteiger partial charge is 0.153 e. The van der Waals surface area contributed by atoms with Crippen LogP contribution in [0.25, 0.3) is 0 Å². The number of piperazine rings is 1. The maximum atomic E-state index is 11.1. The molecule has 5 nitrogen and oxygen atoms in total. The van der Waals surface area contributed by atoms with Gasteiger partial charge < -0.3 is 9.80 Å². The molecule has 1 aromatic rings. The summed E-state index contributed by atoms with van der Waals surface area (Å²) in [6, 6.07) is 3.65. The molecule has 0 radical (unpaired) electrons. The van der Waals surface area contributed by atoms with Crippen molar-refractivity contribution in [3.05, 3.63) is 23.9 Å². The van der Waals surface area contributed by atoms with Crippen molar-refractivity contribution >= 4 is 12.1 Å². The molecule has 0 N–H and O–H groups in total. The Morgan fingerprint density at radius 1 is 1.05 bits per heavy atom. The summed E-state index contributed by atoms with van der Waals surface area (Å²) in [6.07, 6.45) is 4.03. The molecule has 0 unspecified atom stereocenters. The average molecular weight is 274 g/mol. The van der Waals surface area contributed by atoms with Crippen molar-refractivity contribution in [3.63, 3.8) is 0 Å². The zero-order valence-corrected chi connectivity index (χ0v) is 11.9. The lowest BCUT2D eigenvalue weighted by Gasteiger charge is -2.38. The molecule has 3 rings (SSSR count). The molecule has 1 aromatic heterocycles. The van der Waals surface area contributed by atoms with Gasteiger partial charge in [0.05, 0.1) is 5.56 Å². The van der Waals surface area contributed by atoms with Crippen LogP contribution in [0.15, 0.2) is 18.3 Å². The standard InChI is InChI=1S/C15H22N4O/c20-13-14-3-1-4-16-15(14)19-11-9-18(10-12-19)8-7-17-5-2-6-17/h1,3-4,13H,2,5-12H2. The van der Waals surface area contributed by atoms with Gasteiger partial charge in [-0.2, -0.15) is 0 Å². The maximum absolute atomic E-state index is 11.1. The number of nitrogens with zero attached hydrogens (tertiary/aromatic N) is 4. The topological polar surface area (TPSA) is 39.7 Å². The highest BCUT2D eigenvalue weighted by Gasteiger charge is 2.21. The van der Waals surface area contributed by atoms with E-state index >= 15 is 0 Å². The van der Waals surface area contributed by atoms with E-state index in [2.05, 4.69) is 19.7 Å². The maximum Gasteiger partial charge on any atom is 0.153 e. The van der Waals surface area contributed by atoms with Crippen LogP contribution in [0, 0.1) is 0 Å². The third kappa shape index (κ3) is 2.99. The lowest BCUT2D eigenvalue weighted by Crippen LogP contribution is -2.50. The number of rotatable bonds is 5. The highest BCUT2D eigenvalue weighted by atomic mass is 16.1. The molecule has 2 aliphatic rings. The Labute approximate surface area is 120 Å². The summed E-state index contributed by atoms with van der Waals surface area (Å²) in [5.74, 6) is 0.838. The lowest BCUT2D eigenvalue weighted by atomic mass is 10.2. The molecule has 0 bridgehead atoms. The van der Waals surface area contributed by atoms with Crippen LogP contribution in [0.2, 0.25) is 0 Å². The minimum Gasteiger partial charge on any atom is -0.353 e. The first-order valence-corrected chi connectivity index (χ1v) is 7.46. The van der Waals surface area contributed by atoms with Gasteiger partial charge in [0.25, 0.3) is 0 Å². The van der Waals surface area contributed by atoms with Crippen molar-refractivity contribution in [1.29, 1.82) is 0 Å². The van der Waals surface area contributed by atoms with Gasteiger partial charge in [0.2, 0.25) is 0 Å². The number of aldehydes is 1. The molecule has 0 aromatic carbocycles. The molecule has 0 amide bonds. The fraction of sp³-hybridized carbons (Fsp3) is 0.600. The van der Waals surface area contributed by atoms with E-state index in [-0.39, 0.29) is 0 Å². The molecule has 0 atom stereocenters. The molecular formula is C15H22N4O. The Bertz CT molecular complexity index is 453. The third-order valence-corrected chi connectivity index (χ3v) is 4.30. The van der Waals surface area contributed by atoms with Gasteiger partial charge in [0.1, 0.15) is 5.82 Å². The van der Waals surface area contributed by atoms with E-state index in [1.165, 1.54) is 26.1 Å². The van der Waals surface area contributed by atoms with E-state index in [1.54, 1.807) is 6.20 Å². The molecule has 2 aliphatic heterocycles. The van der Waals surface area contributed by atoms with Crippen molar-refractivity contribution in [3.8, 4) is 0 Å². The van der Waals surface area contributed by atoms with Crippen LogP contribution in [-0.4, -0.2) is 73.4 Å². The second-order valence-electron chi connectivity index (χ2n) is 5.56. The van der Waals surface area contributed by atoms with Gasteiger partial charge in [0.15, 0.2) is 6.29 Å². The minimum absolute atomic E-state index is 0.696. The van der Waals surface area contributed by atoms with Crippen LogP contribution >= 0.6 is 0 Å². The normalized spacial score (nSPS) is 20.7. The van der Waals surface area contributed by atoms with Gasteiger partial charge in [-0.25, -0.2) is 4.98 Å². The quantitative estimate of drug-likeness (QED) is 0.740. The first-order valence-electron chi connectivity index (χ1n) is 7.46. The molecule has 0 spiro atoms. The summed E-state index contributed by atoms with van der Waals surface area (Å²) in [6.45, 7) is 8.94. The third-order valence-electron chi connectivity index (χ3n) is 4.30. The first-order chi connectivity index (χ1) is 9.86. The lowest BCUT2D eigenvalue weighted by molar-refractivity contribution is 0.112. The highest BCUT2D eigenvalue weighted by molar-refractivity contribution is 5.82. The number of aromatic nitrogens is 1. The zero-order valence-electron chi connectivity index (χ0n) is 11.9. The van der Waals surface area contributed by atoms with Crippen LogP contribution in [-0.2, 0) is 0 Å². The Morgan fingerprint density at radius 2 is 1.75 bits per heavy atom. The number of carbonyl (C=O) groups excluding carboxylic acids is 1. The van der Waals surface area contributed by atoms with Crippen molar-refractivity contribution in [2.45, 2.75) is 6.42 Å². The van der Waals surface area contributed by atoms with E-state index < -0.39 is 0 Å². The zero-order chi connectivity index (χ0) is 13.8. The van der Waals surface area contributed by atoms with Gasteiger partial charge in [0, 0.05) is 45.5 Å². The molecule has 108 valence electrons. The largest absolute Gasteiger partial charge is 0.353 e. The van der Waals surface area contributed by atoms with E-state index in [9.17, 15) is 4.79 Å². The predicted molar refractivity (Wildman–Crippen MR) is 79.3 cm³/mol. The number of anilines is 1. The van der Waals surface area contributed by atoms with Crippen molar-refractivity contribution in [1.82, 2.24) is 14.8 Å².